The van der Waals surface area contributed by atoms with Gasteiger partial charge in [0.2, 0.25) is 0 Å². The maximum atomic E-state index is 5.50. The van der Waals surface area contributed by atoms with Crippen LogP contribution in [0.5, 0.6) is 0 Å². The summed E-state index contributed by atoms with van der Waals surface area (Å²) in [6.07, 6.45) is 1.21. The molecule has 0 bridgehead atoms. The third-order valence-corrected chi connectivity index (χ3v) is 4.06. The number of tetrazole rings is 1. The Hall–Kier alpha value is -1.83. The van der Waals surface area contributed by atoms with Crippen LogP contribution in [0.1, 0.15) is 12.2 Å². The first kappa shape index (κ1) is 15.1. The van der Waals surface area contributed by atoms with Crippen molar-refractivity contribution >= 4 is 0 Å². The first-order valence-corrected chi connectivity index (χ1v) is 7.40. The van der Waals surface area contributed by atoms with Gasteiger partial charge in [-0.2, -0.15) is 4.68 Å². The van der Waals surface area contributed by atoms with Gasteiger partial charge in [-0.25, -0.2) is 0 Å². The lowest BCUT2D eigenvalue weighted by Gasteiger charge is -2.22. The summed E-state index contributed by atoms with van der Waals surface area (Å²) in [5.74, 6) is 0.823. The van der Waals surface area contributed by atoms with Gasteiger partial charge in [-0.15, -0.1) is 5.10 Å². The van der Waals surface area contributed by atoms with Crippen molar-refractivity contribution in [2.45, 2.75) is 25.1 Å². The van der Waals surface area contributed by atoms with E-state index in [2.05, 4.69) is 20.4 Å². The van der Waals surface area contributed by atoms with Gasteiger partial charge in [0.1, 0.15) is 0 Å². The summed E-state index contributed by atoms with van der Waals surface area (Å²) >= 11 is 0. The number of methoxy groups -OCH3 is 2. The van der Waals surface area contributed by atoms with E-state index >= 15 is 0 Å². The van der Waals surface area contributed by atoms with Crippen molar-refractivity contribution in [1.29, 1.82) is 0 Å². The Morgan fingerprint density at radius 3 is 2.77 bits per heavy atom. The molecule has 2 aromatic rings. The van der Waals surface area contributed by atoms with Crippen LogP contribution >= 0.6 is 0 Å². The molecule has 1 fully saturated rings. The van der Waals surface area contributed by atoms with Crippen molar-refractivity contribution in [3.8, 4) is 5.69 Å². The van der Waals surface area contributed by atoms with Crippen molar-refractivity contribution in [2.24, 2.45) is 0 Å². The molecule has 1 aromatic carbocycles. The monoisotopic (exact) mass is 303 g/mol. The van der Waals surface area contributed by atoms with E-state index in [1.807, 2.05) is 30.3 Å². The third-order valence-electron chi connectivity index (χ3n) is 4.06. The Balaban J connectivity index is 1.77. The average molecular weight is 303 g/mol. The summed E-state index contributed by atoms with van der Waals surface area (Å²) in [5, 5.41) is 12.1. The first-order chi connectivity index (χ1) is 10.8. The summed E-state index contributed by atoms with van der Waals surface area (Å²) in [5.41, 5.74) is 0.966. The highest BCUT2D eigenvalue weighted by Gasteiger charge is 2.33. The molecule has 2 atom stereocenters. The number of nitrogens with zero attached hydrogens (tertiary/aromatic N) is 5. The minimum atomic E-state index is 0.237. The van der Waals surface area contributed by atoms with Crippen LogP contribution in [0.25, 0.3) is 5.69 Å². The molecular formula is C15H21N5O2. The average Bonchev–Trinajstić information content (AvgIpc) is 3.16. The molecule has 22 heavy (non-hydrogen) atoms. The van der Waals surface area contributed by atoms with Gasteiger partial charge in [-0.3, -0.25) is 4.90 Å². The van der Waals surface area contributed by atoms with E-state index in [0.29, 0.717) is 19.2 Å². The zero-order valence-electron chi connectivity index (χ0n) is 12.9. The van der Waals surface area contributed by atoms with Gasteiger partial charge in [0, 0.05) is 26.8 Å². The molecular weight excluding hydrogens is 282 g/mol. The van der Waals surface area contributed by atoms with E-state index in [1.165, 1.54) is 0 Å². The lowest BCUT2D eigenvalue weighted by atomic mass is 10.2. The van der Waals surface area contributed by atoms with Crippen LogP contribution < -0.4 is 0 Å². The molecule has 3 rings (SSSR count). The smallest absolute Gasteiger partial charge is 0.170 e. The normalized spacial score (nSPS) is 22.3. The van der Waals surface area contributed by atoms with Crippen LogP contribution in [0.4, 0.5) is 0 Å². The second-order valence-corrected chi connectivity index (χ2v) is 5.47. The maximum Gasteiger partial charge on any atom is 0.170 e. The Kier molecular flexibility index (Phi) is 4.77. The second kappa shape index (κ2) is 6.95. The minimum Gasteiger partial charge on any atom is -0.383 e. The van der Waals surface area contributed by atoms with Gasteiger partial charge in [0.15, 0.2) is 5.82 Å². The molecule has 7 heteroatoms. The molecule has 0 saturated carbocycles. The molecule has 1 aliphatic heterocycles. The summed E-state index contributed by atoms with van der Waals surface area (Å²) < 4.78 is 12.6. The summed E-state index contributed by atoms with van der Waals surface area (Å²) in [6, 6.07) is 10.3. The number of para-hydroxylation sites is 1. The van der Waals surface area contributed by atoms with Crippen LogP contribution in [0.2, 0.25) is 0 Å². The van der Waals surface area contributed by atoms with Gasteiger partial charge in [0.25, 0.3) is 0 Å². The molecule has 1 saturated heterocycles. The van der Waals surface area contributed by atoms with E-state index < -0.39 is 0 Å². The van der Waals surface area contributed by atoms with Crippen LogP contribution in [-0.4, -0.2) is 64.6 Å². The molecule has 1 aliphatic rings. The summed E-state index contributed by atoms with van der Waals surface area (Å²) in [6.45, 7) is 2.23. The fourth-order valence-electron chi connectivity index (χ4n) is 2.92. The van der Waals surface area contributed by atoms with Crippen molar-refractivity contribution in [1.82, 2.24) is 25.1 Å². The van der Waals surface area contributed by atoms with E-state index in [9.17, 15) is 0 Å². The highest BCUT2D eigenvalue weighted by Crippen LogP contribution is 2.22. The molecule has 1 aromatic heterocycles. The number of rotatable bonds is 6. The predicted octanol–water partition coefficient (Wildman–Crippen LogP) is 0.898. The number of aromatic nitrogens is 4. The van der Waals surface area contributed by atoms with Gasteiger partial charge < -0.3 is 9.47 Å². The molecule has 0 unspecified atom stereocenters. The van der Waals surface area contributed by atoms with Gasteiger partial charge >= 0.3 is 0 Å². The quantitative estimate of drug-likeness (QED) is 0.790. The Bertz CT molecular complexity index is 589. The van der Waals surface area contributed by atoms with Crippen LogP contribution in [0.15, 0.2) is 30.3 Å². The van der Waals surface area contributed by atoms with E-state index in [0.717, 1.165) is 24.5 Å². The number of benzene rings is 1. The van der Waals surface area contributed by atoms with E-state index in [4.69, 9.17) is 9.47 Å². The van der Waals surface area contributed by atoms with E-state index in [-0.39, 0.29) is 6.10 Å². The Labute approximate surface area is 129 Å². The second-order valence-electron chi connectivity index (χ2n) is 5.47. The number of likely N-dealkylation sites (tertiary alicyclic amines) is 1. The molecule has 0 aliphatic carbocycles. The molecule has 118 valence electrons. The van der Waals surface area contributed by atoms with Gasteiger partial charge in [0.05, 0.1) is 24.9 Å². The maximum absolute atomic E-state index is 5.50. The minimum absolute atomic E-state index is 0.237. The largest absolute Gasteiger partial charge is 0.383 e. The zero-order valence-corrected chi connectivity index (χ0v) is 12.9. The highest BCUT2D eigenvalue weighted by atomic mass is 16.5. The molecule has 0 amide bonds. The molecule has 2 heterocycles. The molecule has 7 nitrogen and oxygen atoms in total. The number of hydrogen-bond acceptors (Lipinski definition) is 6. The Morgan fingerprint density at radius 1 is 1.23 bits per heavy atom. The van der Waals surface area contributed by atoms with Crippen molar-refractivity contribution < 1.29 is 9.47 Å². The molecule has 0 radical (unpaired) electrons. The highest BCUT2D eigenvalue weighted by molar-refractivity contribution is 5.30. The molecule has 0 spiro atoms. The fourth-order valence-corrected chi connectivity index (χ4v) is 2.92. The summed E-state index contributed by atoms with van der Waals surface area (Å²) in [4.78, 5) is 2.32. The van der Waals surface area contributed by atoms with Crippen LogP contribution in [0, 0.1) is 0 Å². The third kappa shape index (κ3) is 3.16. The van der Waals surface area contributed by atoms with Crippen molar-refractivity contribution in [3.05, 3.63) is 36.2 Å². The van der Waals surface area contributed by atoms with Crippen LogP contribution in [-0.2, 0) is 16.0 Å². The fraction of sp³-hybridized carbons (Fsp3) is 0.533. The zero-order chi connectivity index (χ0) is 15.4. The predicted molar refractivity (Wildman–Crippen MR) is 80.6 cm³/mol. The van der Waals surface area contributed by atoms with Gasteiger partial charge in [-0.05, 0) is 29.0 Å². The lowest BCUT2D eigenvalue weighted by Crippen LogP contribution is -2.33. The van der Waals surface area contributed by atoms with E-state index in [1.54, 1.807) is 18.9 Å². The lowest BCUT2D eigenvalue weighted by molar-refractivity contribution is 0.104. The Morgan fingerprint density at radius 2 is 2.05 bits per heavy atom. The standard InChI is InChI=1S/C15H21N5O2/c1-21-11-13-8-14(22-2)9-19(13)10-15-16-17-18-20(15)12-6-4-3-5-7-12/h3-7,13-14H,8-11H2,1-2H3/t13-,14+/m0/s1. The number of ether oxygens (including phenoxy) is 2. The van der Waals surface area contributed by atoms with Crippen LogP contribution in [0.3, 0.4) is 0 Å². The van der Waals surface area contributed by atoms with Crippen molar-refractivity contribution in [3.63, 3.8) is 0 Å². The van der Waals surface area contributed by atoms with Gasteiger partial charge in [-0.1, -0.05) is 18.2 Å². The molecule has 0 N–H and O–H groups in total. The first-order valence-electron chi connectivity index (χ1n) is 7.40. The topological polar surface area (TPSA) is 65.3 Å². The van der Waals surface area contributed by atoms with Crippen molar-refractivity contribution in [2.75, 3.05) is 27.4 Å². The number of hydrogen-bond donors (Lipinski definition) is 0. The SMILES string of the molecule is COC[C@@H]1C[C@@H](OC)CN1Cc1nnnn1-c1ccccc1. The summed E-state index contributed by atoms with van der Waals surface area (Å²) in [7, 11) is 3.48.